The van der Waals surface area contributed by atoms with Crippen LogP contribution in [0.1, 0.15) is 30.0 Å². The number of hydrogen-bond donors (Lipinski definition) is 1. The molecule has 2 aromatic rings. The molecule has 1 aliphatic rings. The Hall–Kier alpha value is -3.15. The lowest BCUT2D eigenvalue weighted by Gasteiger charge is -2.17. The third-order valence-corrected chi connectivity index (χ3v) is 5.12. The van der Waals surface area contributed by atoms with Crippen molar-refractivity contribution < 1.29 is 19.1 Å². The molecular formula is C23H26N2O4. The second kappa shape index (κ2) is 8.90. The van der Waals surface area contributed by atoms with E-state index in [0.29, 0.717) is 5.69 Å². The summed E-state index contributed by atoms with van der Waals surface area (Å²) in [5.41, 5.74) is 4.69. The zero-order valence-corrected chi connectivity index (χ0v) is 17.0. The van der Waals surface area contributed by atoms with E-state index in [1.807, 2.05) is 56.3 Å². The summed E-state index contributed by atoms with van der Waals surface area (Å²) in [7, 11) is 0. The van der Waals surface area contributed by atoms with Gasteiger partial charge in [-0.25, -0.2) is 0 Å². The van der Waals surface area contributed by atoms with Crippen molar-refractivity contribution in [3.8, 4) is 0 Å². The van der Waals surface area contributed by atoms with E-state index in [2.05, 4.69) is 12.2 Å². The van der Waals surface area contributed by atoms with Crippen LogP contribution in [-0.4, -0.2) is 30.9 Å². The molecule has 0 aliphatic carbocycles. The summed E-state index contributed by atoms with van der Waals surface area (Å²) in [5.74, 6) is -1.61. The standard InChI is InChI=1S/C23H26N2O4/c1-4-17-6-8-19(9-7-17)25-13-18(12-22(25)27)23(28)29-14-21(26)24-20-10-5-15(2)11-16(20)3/h5-11,18H,4,12-14H2,1-3H3,(H,24,26)/t18-/m1/s1. The number of ether oxygens (including phenoxy) is 1. The average molecular weight is 394 g/mol. The first kappa shape index (κ1) is 20.6. The molecule has 1 saturated heterocycles. The Morgan fingerprint density at radius 1 is 1.14 bits per heavy atom. The molecule has 1 N–H and O–H groups in total. The maximum absolute atomic E-state index is 12.4. The number of nitrogens with zero attached hydrogens (tertiary/aromatic N) is 1. The van der Waals surface area contributed by atoms with Crippen molar-refractivity contribution in [2.24, 2.45) is 5.92 Å². The molecule has 0 saturated carbocycles. The van der Waals surface area contributed by atoms with E-state index in [9.17, 15) is 14.4 Å². The number of carbonyl (C=O) groups is 3. The third-order valence-electron chi connectivity index (χ3n) is 5.12. The number of anilines is 2. The molecule has 0 aromatic heterocycles. The number of hydrogen-bond acceptors (Lipinski definition) is 4. The van der Waals surface area contributed by atoms with E-state index < -0.39 is 17.8 Å². The van der Waals surface area contributed by atoms with Gasteiger partial charge in [-0.05, 0) is 49.6 Å². The zero-order chi connectivity index (χ0) is 21.0. The topological polar surface area (TPSA) is 75.7 Å². The van der Waals surface area contributed by atoms with Gasteiger partial charge in [0.25, 0.3) is 5.91 Å². The highest BCUT2D eigenvalue weighted by atomic mass is 16.5. The minimum absolute atomic E-state index is 0.0903. The Balaban J connectivity index is 1.52. The van der Waals surface area contributed by atoms with Crippen LogP contribution in [-0.2, 0) is 25.5 Å². The van der Waals surface area contributed by atoms with Gasteiger partial charge in [0.2, 0.25) is 5.91 Å². The predicted octanol–water partition coefficient (Wildman–Crippen LogP) is 3.40. The summed E-state index contributed by atoms with van der Waals surface area (Å²) in [6, 6.07) is 13.4. The minimum atomic E-state index is -0.567. The van der Waals surface area contributed by atoms with Gasteiger partial charge in [0.1, 0.15) is 0 Å². The fourth-order valence-electron chi connectivity index (χ4n) is 3.42. The Labute approximate surface area is 170 Å². The van der Waals surface area contributed by atoms with E-state index >= 15 is 0 Å². The van der Waals surface area contributed by atoms with Crippen LogP contribution in [0.2, 0.25) is 0 Å². The van der Waals surface area contributed by atoms with Crippen molar-refractivity contribution in [2.45, 2.75) is 33.6 Å². The Kier molecular flexibility index (Phi) is 6.32. The lowest BCUT2D eigenvalue weighted by molar-refractivity contribution is -0.151. The van der Waals surface area contributed by atoms with Gasteiger partial charge in [0, 0.05) is 24.3 Å². The van der Waals surface area contributed by atoms with Gasteiger partial charge < -0.3 is 15.0 Å². The van der Waals surface area contributed by atoms with Crippen LogP contribution in [0.4, 0.5) is 11.4 Å². The monoisotopic (exact) mass is 394 g/mol. The van der Waals surface area contributed by atoms with Crippen LogP contribution < -0.4 is 10.2 Å². The highest BCUT2D eigenvalue weighted by molar-refractivity contribution is 6.00. The summed E-state index contributed by atoms with van der Waals surface area (Å²) in [6.45, 7) is 5.84. The van der Waals surface area contributed by atoms with Gasteiger partial charge in [-0.15, -0.1) is 0 Å². The summed E-state index contributed by atoms with van der Waals surface area (Å²) < 4.78 is 5.16. The highest BCUT2D eigenvalue weighted by Crippen LogP contribution is 2.26. The molecule has 152 valence electrons. The zero-order valence-electron chi connectivity index (χ0n) is 17.0. The predicted molar refractivity (Wildman–Crippen MR) is 112 cm³/mol. The maximum atomic E-state index is 12.4. The number of benzene rings is 2. The number of carbonyl (C=O) groups excluding carboxylic acids is 3. The van der Waals surface area contributed by atoms with Crippen molar-refractivity contribution in [1.82, 2.24) is 0 Å². The number of esters is 1. The van der Waals surface area contributed by atoms with E-state index in [4.69, 9.17) is 4.74 Å². The molecule has 6 heteroatoms. The molecule has 3 rings (SSSR count). The average Bonchev–Trinajstić information content (AvgIpc) is 3.10. The Morgan fingerprint density at radius 3 is 2.52 bits per heavy atom. The van der Waals surface area contributed by atoms with E-state index in [-0.39, 0.29) is 25.5 Å². The molecule has 1 atom stereocenters. The molecular weight excluding hydrogens is 368 g/mol. The molecule has 1 heterocycles. The molecule has 0 radical (unpaired) electrons. The normalized spacial score (nSPS) is 16.0. The number of rotatable bonds is 6. The van der Waals surface area contributed by atoms with E-state index in [1.54, 1.807) is 4.90 Å². The van der Waals surface area contributed by atoms with Crippen LogP contribution in [0.3, 0.4) is 0 Å². The summed E-state index contributed by atoms with van der Waals surface area (Å²) in [6.07, 6.45) is 1.01. The summed E-state index contributed by atoms with van der Waals surface area (Å²) >= 11 is 0. The molecule has 2 amide bonds. The van der Waals surface area contributed by atoms with Crippen molar-refractivity contribution in [2.75, 3.05) is 23.4 Å². The van der Waals surface area contributed by atoms with E-state index in [1.165, 1.54) is 5.56 Å². The van der Waals surface area contributed by atoms with Gasteiger partial charge in [0.15, 0.2) is 6.61 Å². The quantitative estimate of drug-likeness (QED) is 0.762. The van der Waals surface area contributed by atoms with Crippen LogP contribution in [0.5, 0.6) is 0 Å². The number of aryl methyl sites for hydroxylation is 3. The van der Waals surface area contributed by atoms with Gasteiger partial charge in [-0.2, -0.15) is 0 Å². The summed E-state index contributed by atoms with van der Waals surface area (Å²) in [4.78, 5) is 38.4. The van der Waals surface area contributed by atoms with Crippen LogP contribution >= 0.6 is 0 Å². The summed E-state index contributed by atoms with van der Waals surface area (Å²) in [5, 5.41) is 2.74. The van der Waals surface area contributed by atoms with Crippen LogP contribution in [0.15, 0.2) is 42.5 Å². The molecule has 6 nitrogen and oxygen atoms in total. The first-order valence-electron chi connectivity index (χ1n) is 9.80. The minimum Gasteiger partial charge on any atom is -0.455 e. The van der Waals surface area contributed by atoms with Crippen molar-refractivity contribution >= 4 is 29.2 Å². The van der Waals surface area contributed by atoms with Crippen molar-refractivity contribution in [3.63, 3.8) is 0 Å². The smallest absolute Gasteiger partial charge is 0.311 e. The molecule has 29 heavy (non-hydrogen) atoms. The van der Waals surface area contributed by atoms with Crippen LogP contribution in [0, 0.1) is 19.8 Å². The second-order valence-electron chi connectivity index (χ2n) is 7.40. The fourth-order valence-corrected chi connectivity index (χ4v) is 3.42. The SMILES string of the molecule is CCc1ccc(N2C[C@H](C(=O)OCC(=O)Nc3ccc(C)cc3C)CC2=O)cc1. The first-order valence-corrected chi connectivity index (χ1v) is 9.80. The lowest BCUT2D eigenvalue weighted by Crippen LogP contribution is -2.28. The molecule has 0 unspecified atom stereocenters. The first-order chi connectivity index (χ1) is 13.9. The third kappa shape index (κ3) is 5.02. The molecule has 1 fully saturated rings. The largest absolute Gasteiger partial charge is 0.455 e. The van der Waals surface area contributed by atoms with Crippen molar-refractivity contribution in [3.05, 3.63) is 59.2 Å². The van der Waals surface area contributed by atoms with Crippen LogP contribution in [0.25, 0.3) is 0 Å². The molecule has 2 aromatic carbocycles. The Bertz CT molecular complexity index is 921. The molecule has 0 bridgehead atoms. The lowest BCUT2D eigenvalue weighted by atomic mass is 10.1. The van der Waals surface area contributed by atoms with Gasteiger partial charge in [-0.3, -0.25) is 14.4 Å². The number of nitrogens with one attached hydrogen (secondary N) is 1. The molecule has 1 aliphatic heterocycles. The van der Waals surface area contributed by atoms with Gasteiger partial charge in [0.05, 0.1) is 5.92 Å². The maximum Gasteiger partial charge on any atom is 0.311 e. The number of amides is 2. The second-order valence-corrected chi connectivity index (χ2v) is 7.40. The fraction of sp³-hybridized carbons (Fsp3) is 0.348. The van der Waals surface area contributed by atoms with Gasteiger partial charge >= 0.3 is 5.97 Å². The van der Waals surface area contributed by atoms with E-state index in [0.717, 1.165) is 23.2 Å². The van der Waals surface area contributed by atoms with Gasteiger partial charge in [-0.1, -0.05) is 36.8 Å². The Morgan fingerprint density at radius 2 is 1.86 bits per heavy atom. The highest BCUT2D eigenvalue weighted by Gasteiger charge is 2.36. The molecule has 0 spiro atoms. The van der Waals surface area contributed by atoms with Crippen molar-refractivity contribution in [1.29, 1.82) is 0 Å².